The molecule has 0 saturated heterocycles. The van der Waals surface area contributed by atoms with Crippen LogP contribution in [0.1, 0.15) is 17.0 Å². The van der Waals surface area contributed by atoms with Gasteiger partial charge in [0.25, 0.3) is 0 Å². The van der Waals surface area contributed by atoms with Crippen LogP contribution in [0.4, 0.5) is 5.69 Å². The molecule has 0 spiro atoms. The van der Waals surface area contributed by atoms with Gasteiger partial charge in [0, 0.05) is 33.4 Å². The Morgan fingerprint density at radius 2 is 1.89 bits per heavy atom. The summed E-state index contributed by atoms with van der Waals surface area (Å²) in [5.41, 5.74) is 9.49. The van der Waals surface area contributed by atoms with Gasteiger partial charge in [0.2, 0.25) is 0 Å². The monoisotopic (exact) mass is 279 g/mol. The molecule has 0 amide bonds. The van der Waals surface area contributed by atoms with Crippen molar-refractivity contribution in [3.8, 4) is 0 Å². The number of nitrogens with two attached hydrogens (primary N) is 1. The highest BCUT2D eigenvalue weighted by Gasteiger charge is 2.07. The Bertz CT molecular complexity index is 532. The summed E-state index contributed by atoms with van der Waals surface area (Å²) in [5, 5.41) is 1.44. The zero-order chi connectivity index (χ0) is 13.1. The number of aryl methyl sites for hydroxylation is 2. The molecule has 3 nitrogen and oxygen atoms in total. The van der Waals surface area contributed by atoms with Crippen molar-refractivity contribution in [2.75, 3.05) is 5.73 Å². The Morgan fingerprint density at radius 1 is 1.22 bits per heavy atom. The van der Waals surface area contributed by atoms with Crippen molar-refractivity contribution in [1.82, 2.24) is 9.97 Å². The maximum atomic E-state index is 6.12. The summed E-state index contributed by atoms with van der Waals surface area (Å²) < 4.78 is 0. The number of nitrogens with zero attached hydrogens (tertiary/aromatic N) is 2. The van der Waals surface area contributed by atoms with Crippen LogP contribution in [-0.4, -0.2) is 9.97 Å². The number of thioether (sulfide) groups is 1. The summed E-state index contributed by atoms with van der Waals surface area (Å²) in [6.45, 7) is 3.92. The van der Waals surface area contributed by atoms with E-state index in [1.165, 1.54) is 0 Å². The van der Waals surface area contributed by atoms with Crippen LogP contribution in [-0.2, 0) is 5.75 Å². The molecule has 2 N–H and O–H groups in total. The molecule has 0 bridgehead atoms. The molecule has 1 aromatic heterocycles. The quantitative estimate of drug-likeness (QED) is 0.530. The maximum absolute atomic E-state index is 6.12. The molecule has 18 heavy (non-hydrogen) atoms. The lowest BCUT2D eigenvalue weighted by molar-refractivity contribution is 0.902. The third kappa shape index (κ3) is 3.15. The molecule has 0 atom stereocenters. The molecule has 0 fully saturated rings. The fourth-order valence-electron chi connectivity index (χ4n) is 1.62. The second-order valence-corrected chi connectivity index (χ2v) is 5.38. The van der Waals surface area contributed by atoms with Crippen LogP contribution in [0, 0.1) is 13.8 Å². The predicted octanol–water partition coefficient (Wildman–Crippen LogP) is 3.62. The van der Waals surface area contributed by atoms with Gasteiger partial charge in [-0.2, -0.15) is 0 Å². The molecule has 0 saturated carbocycles. The van der Waals surface area contributed by atoms with Crippen LogP contribution in [0.3, 0.4) is 0 Å². The zero-order valence-corrected chi connectivity index (χ0v) is 11.8. The fourth-order valence-corrected chi connectivity index (χ4v) is 2.96. The Hall–Kier alpha value is -1.26. The van der Waals surface area contributed by atoms with Gasteiger partial charge in [-0.3, -0.25) is 0 Å². The highest BCUT2D eigenvalue weighted by molar-refractivity contribution is 7.98. The first-order valence-electron chi connectivity index (χ1n) is 5.54. The minimum atomic E-state index is 0.675. The fraction of sp³-hybridized carbons (Fsp3) is 0.231. The normalized spacial score (nSPS) is 10.6. The number of benzene rings is 1. The maximum Gasteiger partial charge on any atom is 0.188 e. The van der Waals surface area contributed by atoms with E-state index in [1.54, 1.807) is 11.8 Å². The molecule has 0 aliphatic rings. The number of rotatable bonds is 3. The number of anilines is 1. The topological polar surface area (TPSA) is 51.8 Å². The average Bonchev–Trinajstić information content (AvgIpc) is 2.27. The van der Waals surface area contributed by atoms with Gasteiger partial charge in [0.05, 0.1) is 0 Å². The number of hydrogen-bond acceptors (Lipinski definition) is 4. The molecule has 0 unspecified atom stereocenters. The number of aromatic nitrogens is 2. The van der Waals surface area contributed by atoms with Gasteiger partial charge in [0.15, 0.2) is 5.16 Å². The minimum Gasteiger partial charge on any atom is -0.398 e. The molecule has 5 heteroatoms. The van der Waals surface area contributed by atoms with E-state index in [-0.39, 0.29) is 0 Å². The molecule has 0 radical (unpaired) electrons. The lowest BCUT2D eigenvalue weighted by atomic mass is 10.2. The third-order valence-corrected chi connectivity index (χ3v) is 3.69. The summed E-state index contributed by atoms with van der Waals surface area (Å²) in [6, 6.07) is 7.49. The van der Waals surface area contributed by atoms with E-state index in [0.717, 1.165) is 22.1 Å². The van der Waals surface area contributed by atoms with Crippen molar-refractivity contribution >= 4 is 29.1 Å². The Labute approximate surface area is 116 Å². The summed E-state index contributed by atoms with van der Waals surface area (Å²) in [7, 11) is 0. The van der Waals surface area contributed by atoms with Crippen molar-refractivity contribution < 1.29 is 0 Å². The first-order chi connectivity index (χ1) is 8.56. The smallest absolute Gasteiger partial charge is 0.188 e. The molecule has 1 aromatic carbocycles. The molecule has 1 heterocycles. The van der Waals surface area contributed by atoms with Gasteiger partial charge in [-0.05, 0) is 32.0 Å². The van der Waals surface area contributed by atoms with Crippen molar-refractivity contribution in [3.63, 3.8) is 0 Å². The molecule has 2 aromatic rings. The molecule has 0 aliphatic carbocycles. The van der Waals surface area contributed by atoms with E-state index in [4.69, 9.17) is 17.3 Å². The lowest BCUT2D eigenvalue weighted by Crippen LogP contribution is -1.96. The van der Waals surface area contributed by atoms with Gasteiger partial charge in [0.1, 0.15) is 0 Å². The van der Waals surface area contributed by atoms with E-state index >= 15 is 0 Å². The van der Waals surface area contributed by atoms with Gasteiger partial charge < -0.3 is 5.73 Å². The van der Waals surface area contributed by atoms with E-state index in [2.05, 4.69) is 9.97 Å². The zero-order valence-electron chi connectivity index (χ0n) is 10.3. The first kappa shape index (κ1) is 13.2. The Morgan fingerprint density at radius 3 is 2.50 bits per heavy atom. The van der Waals surface area contributed by atoms with Crippen molar-refractivity contribution in [3.05, 3.63) is 46.2 Å². The minimum absolute atomic E-state index is 0.675. The Balaban J connectivity index is 2.16. The van der Waals surface area contributed by atoms with Crippen molar-refractivity contribution in [2.45, 2.75) is 24.8 Å². The molecular weight excluding hydrogens is 266 g/mol. The molecular formula is C13H14ClN3S. The second-order valence-electron chi connectivity index (χ2n) is 4.03. The van der Waals surface area contributed by atoms with Crippen molar-refractivity contribution in [2.24, 2.45) is 0 Å². The second kappa shape index (κ2) is 5.59. The van der Waals surface area contributed by atoms with Gasteiger partial charge >= 0.3 is 0 Å². The van der Waals surface area contributed by atoms with Crippen LogP contribution >= 0.6 is 23.4 Å². The van der Waals surface area contributed by atoms with Crippen LogP contribution in [0.15, 0.2) is 29.4 Å². The van der Waals surface area contributed by atoms with Gasteiger partial charge in [-0.15, -0.1) is 0 Å². The number of hydrogen-bond donors (Lipinski definition) is 1. The summed E-state index contributed by atoms with van der Waals surface area (Å²) in [5.74, 6) is 0.675. The van der Waals surface area contributed by atoms with E-state index in [0.29, 0.717) is 16.5 Å². The SMILES string of the molecule is Cc1cc(C)nc(SCc2c(N)cccc2Cl)n1. The largest absolute Gasteiger partial charge is 0.398 e. The Kier molecular flexibility index (Phi) is 4.09. The molecule has 0 aliphatic heterocycles. The van der Waals surface area contributed by atoms with Gasteiger partial charge in [-0.25, -0.2) is 9.97 Å². The number of nitrogen functional groups attached to an aromatic ring is 1. The highest BCUT2D eigenvalue weighted by Crippen LogP contribution is 2.28. The summed E-state index contributed by atoms with van der Waals surface area (Å²) in [6.07, 6.45) is 0. The standard InChI is InChI=1S/C13H14ClN3S/c1-8-6-9(2)17-13(16-8)18-7-10-11(14)4-3-5-12(10)15/h3-6H,7,15H2,1-2H3. The highest BCUT2D eigenvalue weighted by atomic mass is 35.5. The van der Waals surface area contributed by atoms with E-state index in [9.17, 15) is 0 Å². The van der Waals surface area contributed by atoms with Crippen LogP contribution in [0.5, 0.6) is 0 Å². The average molecular weight is 280 g/mol. The van der Waals surface area contributed by atoms with Crippen LogP contribution in [0.2, 0.25) is 5.02 Å². The molecule has 2 rings (SSSR count). The summed E-state index contributed by atoms with van der Waals surface area (Å²) >= 11 is 7.67. The lowest BCUT2D eigenvalue weighted by Gasteiger charge is -2.07. The van der Waals surface area contributed by atoms with Gasteiger partial charge in [-0.1, -0.05) is 29.4 Å². The predicted molar refractivity (Wildman–Crippen MR) is 76.9 cm³/mol. The van der Waals surface area contributed by atoms with E-state index < -0.39 is 0 Å². The van der Waals surface area contributed by atoms with Crippen LogP contribution < -0.4 is 5.73 Å². The third-order valence-electron chi connectivity index (χ3n) is 2.46. The van der Waals surface area contributed by atoms with E-state index in [1.807, 2.05) is 38.1 Å². The molecule has 94 valence electrons. The van der Waals surface area contributed by atoms with Crippen LogP contribution in [0.25, 0.3) is 0 Å². The van der Waals surface area contributed by atoms with Crippen molar-refractivity contribution in [1.29, 1.82) is 0 Å². The summed E-state index contributed by atoms with van der Waals surface area (Å²) in [4.78, 5) is 8.75. The first-order valence-corrected chi connectivity index (χ1v) is 6.90. The number of halogens is 1.